The molecule has 1 aromatic heterocycles. The zero-order valence-electron chi connectivity index (χ0n) is 11.2. The summed E-state index contributed by atoms with van der Waals surface area (Å²) < 4.78 is 5.31. The van der Waals surface area contributed by atoms with E-state index in [4.69, 9.17) is 9.84 Å². The first kappa shape index (κ1) is 13.8. The number of aryl methyl sites for hydroxylation is 2. The molecule has 1 saturated heterocycles. The third kappa shape index (κ3) is 3.65. The molecule has 0 aliphatic carbocycles. The quantitative estimate of drug-likeness (QED) is 0.834. The minimum absolute atomic E-state index is 0.0778. The molecular formula is C13H19N3O3. The van der Waals surface area contributed by atoms with Gasteiger partial charge in [-0.2, -0.15) is 0 Å². The maximum atomic E-state index is 12.1. The Kier molecular flexibility index (Phi) is 4.34. The monoisotopic (exact) mass is 265 g/mol. The number of urea groups is 1. The molecule has 1 atom stereocenters. The highest BCUT2D eigenvalue weighted by Gasteiger charge is 2.23. The van der Waals surface area contributed by atoms with Crippen molar-refractivity contribution in [3.8, 4) is 0 Å². The minimum atomic E-state index is -0.299. The molecule has 19 heavy (non-hydrogen) atoms. The summed E-state index contributed by atoms with van der Waals surface area (Å²) in [5.41, 5.74) is 1.92. The van der Waals surface area contributed by atoms with Gasteiger partial charge >= 0.3 is 6.03 Å². The number of hydrogen-bond donors (Lipinski definition) is 2. The highest BCUT2D eigenvalue weighted by atomic mass is 16.5. The zero-order valence-corrected chi connectivity index (χ0v) is 11.2. The number of aliphatic hydroxyl groups is 1. The van der Waals surface area contributed by atoms with Crippen molar-refractivity contribution in [1.82, 2.24) is 9.88 Å². The minimum Gasteiger partial charge on any atom is -0.394 e. The van der Waals surface area contributed by atoms with Gasteiger partial charge in [-0.15, -0.1) is 0 Å². The van der Waals surface area contributed by atoms with Crippen molar-refractivity contribution in [3.63, 3.8) is 0 Å². The number of pyridine rings is 1. The van der Waals surface area contributed by atoms with Crippen LogP contribution in [-0.4, -0.2) is 53.4 Å². The van der Waals surface area contributed by atoms with Gasteiger partial charge in [0.1, 0.15) is 5.82 Å². The SMILES string of the molecule is Cc1cc(C)nc(NC(=O)N2CCOC(CO)C2)c1. The molecule has 6 heteroatoms. The summed E-state index contributed by atoms with van der Waals surface area (Å²) in [4.78, 5) is 18.0. The fourth-order valence-corrected chi connectivity index (χ4v) is 2.11. The van der Waals surface area contributed by atoms with Gasteiger partial charge in [0.15, 0.2) is 0 Å². The first-order valence-corrected chi connectivity index (χ1v) is 6.32. The third-order valence-corrected chi connectivity index (χ3v) is 2.96. The molecule has 0 aromatic carbocycles. The Balaban J connectivity index is 2.00. The lowest BCUT2D eigenvalue weighted by molar-refractivity contribution is -0.0388. The zero-order chi connectivity index (χ0) is 13.8. The third-order valence-electron chi connectivity index (χ3n) is 2.96. The second kappa shape index (κ2) is 5.99. The smallest absolute Gasteiger partial charge is 0.323 e. The van der Waals surface area contributed by atoms with E-state index in [-0.39, 0.29) is 18.7 Å². The second-order valence-electron chi connectivity index (χ2n) is 4.72. The number of nitrogens with one attached hydrogen (secondary N) is 1. The van der Waals surface area contributed by atoms with Crippen LogP contribution in [0.4, 0.5) is 10.6 Å². The number of anilines is 1. The van der Waals surface area contributed by atoms with Crippen LogP contribution in [0.5, 0.6) is 0 Å². The highest BCUT2D eigenvalue weighted by molar-refractivity contribution is 5.88. The molecule has 104 valence electrons. The van der Waals surface area contributed by atoms with Crippen LogP contribution in [0.2, 0.25) is 0 Å². The Morgan fingerprint density at radius 1 is 1.58 bits per heavy atom. The van der Waals surface area contributed by atoms with E-state index in [1.807, 2.05) is 26.0 Å². The summed E-state index contributed by atoms with van der Waals surface area (Å²) in [5, 5.41) is 11.8. The molecule has 2 N–H and O–H groups in total. The summed E-state index contributed by atoms with van der Waals surface area (Å²) in [7, 11) is 0. The molecule has 0 bridgehead atoms. The molecule has 1 aliphatic heterocycles. The number of aromatic nitrogens is 1. The molecule has 1 fully saturated rings. The van der Waals surface area contributed by atoms with Gasteiger partial charge in [-0.25, -0.2) is 9.78 Å². The highest BCUT2D eigenvalue weighted by Crippen LogP contribution is 2.11. The number of hydrogen-bond acceptors (Lipinski definition) is 4. The molecule has 0 saturated carbocycles. The predicted molar refractivity (Wildman–Crippen MR) is 71.1 cm³/mol. The van der Waals surface area contributed by atoms with Crippen LogP contribution in [0.15, 0.2) is 12.1 Å². The van der Waals surface area contributed by atoms with Gasteiger partial charge in [0.2, 0.25) is 0 Å². The molecule has 2 heterocycles. The lowest BCUT2D eigenvalue weighted by Crippen LogP contribution is -2.48. The molecule has 0 radical (unpaired) electrons. The van der Waals surface area contributed by atoms with E-state index >= 15 is 0 Å². The van der Waals surface area contributed by atoms with E-state index < -0.39 is 0 Å². The standard InChI is InChI=1S/C13H19N3O3/c1-9-5-10(2)14-12(6-9)15-13(18)16-3-4-19-11(7-16)8-17/h5-6,11,17H,3-4,7-8H2,1-2H3,(H,14,15,18). The van der Waals surface area contributed by atoms with E-state index in [0.717, 1.165) is 11.3 Å². The van der Waals surface area contributed by atoms with E-state index in [9.17, 15) is 4.79 Å². The number of rotatable bonds is 2. The van der Waals surface area contributed by atoms with Gasteiger partial charge in [-0.3, -0.25) is 5.32 Å². The molecule has 1 aliphatic rings. The first-order chi connectivity index (χ1) is 9.08. The van der Waals surface area contributed by atoms with Crippen LogP contribution < -0.4 is 5.32 Å². The lowest BCUT2D eigenvalue weighted by atomic mass is 10.2. The second-order valence-corrected chi connectivity index (χ2v) is 4.72. The lowest BCUT2D eigenvalue weighted by Gasteiger charge is -2.31. The van der Waals surface area contributed by atoms with Crippen LogP contribution >= 0.6 is 0 Å². The van der Waals surface area contributed by atoms with Gasteiger partial charge in [-0.05, 0) is 31.5 Å². The average molecular weight is 265 g/mol. The summed E-state index contributed by atoms with van der Waals surface area (Å²) in [6.45, 7) is 5.13. The van der Waals surface area contributed by atoms with Gasteiger partial charge in [0.25, 0.3) is 0 Å². The van der Waals surface area contributed by atoms with Gasteiger partial charge in [0, 0.05) is 12.2 Å². The molecule has 0 spiro atoms. The Bertz CT molecular complexity index is 444. The maximum Gasteiger partial charge on any atom is 0.323 e. The van der Waals surface area contributed by atoms with E-state index in [0.29, 0.717) is 25.5 Å². The number of carbonyl (C=O) groups excluding carboxylic acids is 1. The Morgan fingerprint density at radius 3 is 3.05 bits per heavy atom. The van der Waals surface area contributed by atoms with Gasteiger partial charge < -0.3 is 14.7 Å². The molecule has 1 unspecified atom stereocenters. The average Bonchev–Trinajstić information content (AvgIpc) is 2.37. The largest absolute Gasteiger partial charge is 0.394 e. The summed E-state index contributed by atoms with van der Waals surface area (Å²) in [5.74, 6) is 0.551. The van der Waals surface area contributed by atoms with Crippen molar-refractivity contribution in [2.24, 2.45) is 0 Å². The number of morpholine rings is 1. The van der Waals surface area contributed by atoms with Crippen molar-refractivity contribution in [2.45, 2.75) is 20.0 Å². The van der Waals surface area contributed by atoms with Crippen molar-refractivity contribution >= 4 is 11.8 Å². The van der Waals surface area contributed by atoms with Gasteiger partial charge in [-0.1, -0.05) is 0 Å². The van der Waals surface area contributed by atoms with Crippen LogP contribution in [0, 0.1) is 13.8 Å². The fourth-order valence-electron chi connectivity index (χ4n) is 2.11. The first-order valence-electron chi connectivity index (χ1n) is 6.32. The Hall–Kier alpha value is -1.66. The summed E-state index contributed by atoms with van der Waals surface area (Å²) >= 11 is 0. The van der Waals surface area contributed by atoms with Crippen LogP contribution in [0.25, 0.3) is 0 Å². The van der Waals surface area contributed by atoms with Crippen LogP contribution in [0.3, 0.4) is 0 Å². The van der Waals surface area contributed by atoms with Crippen molar-refractivity contribution in [1.29, 1.82) is 0 Å². The van der Waals surface area contributed by atoms with Crippen molar-refractivity contribution < 1.29 is 14.6 Å². The molecule has 6 nitrogen and oxygen atoms in total. The van der Waals surface area contributed by atoms with Crippen molar-refractivity contribution in [3.05, 3.63) is 23.4 Å². The van der Waals surface area contributed by atoms with Crippen LogP contribution in [-0.2, 0) is 4.74 Å². The number of carbonyl (C=O) groups is 1. The molecule has 1 aromatic rings. The Morgan fingerprint density at radius 2 is 2.37 bits per heavy atom. The normalized spacial score (nSPS) is 19.3. The maximum absolute atomic E-state index is 12.1. The fraction of sp³-hybridized carbons (Fsp3) is 0.538. The van der Waals surface area contributed by atoms with Crippen LogP contribution in [0.1, 0.15) is 11.3 Å². The number of nitrogens with zero attached hydrogens (tertiary/aromatic N) is 2. The number of ether oxygens (including phenoxy) is 1. The molecule has 2 amide bonds. The topological polar surface area (TPSA) is 74.7 Å². The van der Waals surface area contributed by atoms with Crippen molar-refractivity contribution in [2.75, 3.05) is 31.6 Å². The summed E-state index contributed by atoms with van der Waals surface area (Å²) in [6, 6.07) is 3.57. The molecule has 2 rings (SSSR count). The van der Waals surface area contributed by atoms with E-state index in [1.165, 1.54) is 0 Å². The summed E-state index contributed by atoms with van der Waals surface area (Å²) in [6.07, 6.45) is -0.299. The van der Waals surface area contributed by atoms with E-state index in [2.05, 4.69) is 10.3 Å². The van der Waals surface area contributed by atoms with Gasteiger partial charge in [0.05, 0.1) is 25.9 Å². The molecular weight excluding hydrogens is 246 g/mol. The number of amides is 2. The number of aliphatic hydroxyl groups excluding tert-OH is 1. The predicted octanol–water partition coefficient (Wildman–Crippen LogP) is 0.923. The van der Waals surface area contributed by atoms with E-state index in [1.54, 1.807) is 4.90 Å². The Labute approximate surface area is 112 Å².